The molecule has 2 aliphatic rings. The molecule has 278 valence electrons. The molecule has 2 nitrogen and oxygen atoms in total. The lowest BCUT2D eigenvalue weighted by atomic mass is 9.68. The Morgan fingerprint density at radius 2 is 0.831 bits per heavy atom. The minimum atomic E-state index is -0.470. The van der Waals surface area contributed by atoms with Gasteiger partial charge in [0.05, 0.1) is 5.41 Å². The quantitative estimate of drug-likeness (QED) is 0.168. The van der Waals surface area contributed by atoms with Crippen molar-refractivity contribution in [3.05, 3.63) is 257 Å². The molecule has 2 heteroatoms. The first-order valence-corrected chi connectivity index (χ1v) is 20.5. The van der Waals surface area contributed by atoms with Crippen molar-refractivity contribution in [2.45, 2.75) is 17.8 Å². The van der Waals surface area contributed by atoms with E-state index < -0.39 is 5.41 Å². The molecule has 12 rings (SSSR count). The molecule has 1 atom stereocenters. The van der Waals surface area contributed by atoms with Crippen LogP contribution in [0.15, 0.2) is 223 Å². The van der Waals surface area contributed by atoms with E-state index in [1.54, 1.807) is 0 Å². The molecular formula is C57H39NO. The molecule has 2 aliphatic carbocycles. The zero-order chi connectivity index (χ0) is 39.1. The van der Waals surface area contributed by atoms with Crippen LogP contribution in [0.25, 0.3) is 44.2 Å². The first kappa shape index (κ1) is 33.7. The number of fused-ring (bicyclic) bond motifs is 9. The fraction of sp³-hybridized carbons (Fsp3) is 0.0526. The molecule has 9 aromatic carbocycles. The number of para-hydroxylation sites is 1. The summed E-state index contributed by atoms with van der Waals surface area (Å²) < 4.78 is 6.54. The van der Waals surface area contributed by atoms with Gasteiger partial charge in [-0.15, -0.1) is 0 Å². The van der Waals surface area contributed by atoms with Crippen LogP contribution in [0.4, 0.5) is 17.1 Å². The average Bonchev–Trinajstić information content (AvgIpc) is 3.92. The number of hydrogen-bond donors (Lipinski definition) is 0. The van der Waals surface area contributed by atoms with E-state index >= 15 is 0 Å². The Balaban J connectivity index is 1.11. The van der Waals surface area contributed by atoms with Crippen LogP contribution in [0.3, 0.4) is 0 Å². The standard InChI is InChI=1S/C57H39NO/c1-56(38-17-5-2-6-18-38)50-26-14-11-23-44(50)46-32-29-42(36-53(46)56)58(43-30-33-48-47-25-13-16-28-54(47)59-55(48)37-43)41-31-34-52-49(35-41)45-24-12-15-27-51(45)57(52,39-19-7-3-8-20-39)40-21-9-4-10-22-40/h2-37H,1H3. The lowest BCUT2D eigenvalue weighted by Crippen LogP contribution is -2.28. The Labute approximate surface area is 344 Å². The van der Waals surface area contributed by atoms with Gasteiger partial charge in [0.25, 0.3) is 0 Å². The Kier molecular flexibility index (Phi) is 7.31. The van der Waals surface area contributed by atoms with Crippen LogP contribution in [0.1, 0.15) is 45.9 Å². The summed E-state index contributed by atoms with van der Waals surface area (Å²) in [7, 11) is 0. The first-order chi connectivity index (χ1) is 29.1. The van der Waals surface area contributed by atoms with Gasteiger partial charge in [-0.25, -0.2) is 0 Å². The first-order valence-electron chi connectivity index (χ1n) is 20.5. The third-order valence-corrected chi connectivity index (χ3v) is 13.2. The van der Waals surface area contributed by atoms with E-state index in [1.807, 2.05) is 6.07 Å². The number of furan rings is 1. The van der Waals surface area contributed by atoms with Crippen molar-refractivity contribution in [3.63, 3.8) is 0 Å². The van der Waals surface area contributed by atoms with E-state index in [9.17, 15) is 0 Å². The maximum atomic E-state index is 6.54. The molecule has 0 spiro atoms. The minimum absolute atomic E-state index is 0.334. The summed E-state index contributed by atoms with van der Waals surface area (Å²) in [5.41, 5.74) is 18.3. The lowest BCUT2D eigenvalue weighted by Gasteiger charge is -2.34. The highest BCUT2D eigenvalue weighted by Crippen LogP contribution is 2.58. The molecule has 0 saturated heterocycles. The van der Waals surface area contributed by atoms with E-state index in [4.69, 9.17) is 4.42 Å². The van der Waals surface area contributed by atoms with Crippen molar-refractivity contribution >= 4 is 39.0 Å². The van der Waals surface area contributed by atoms with Gasteiger partial charge >= 0.3 is 0 Å². The van der Waals surface area contributed by atoms with Gasteiger partial charge in [0.15, 0.2) is 0 Å². The Morgan fingerprint density at radius 3 is 1.56 bits per heavy atom. The van der Waals surface area contributed by atoms with E-state index in [1.165, 1.54) is 61.2 Å². The molecule has 0 N–H and O–H groups in total. The van der Waals surface area contributed by atoms with Gasteiger partial charge in [-0.3, -0.25) is 0 Å². The molecule has 10 aromatic rings. The SMILES string of the molecule is CC1(c2ccccc2)c2ccccc2-c2ccc(N(c3ccc4c(c3)-c3ccccc3C4(c3ccccc3)c3ccccc3)c3ccc4c(c3)oc3ccccc34)cc21. The lowest BCUT2D eigenvalue weighted by molar-refractivity contribution is 0.669. The van der Waals surface area contributed by atoms with E-state index in [-0.39, 0.29) is 5.41 Å². The third kappa shape index (κ3) is 4.75. The number of benzene rings is 9. The molecule has 0 amide bonds. The summed E-state index contributed by atoms with van der Waals surface area (Å²) in [5.74, 6) is 0. The van der Waals surface area contributed by atoms with Crippen LogP contribution >= 0.6 is 0 Å². The van der Waals surface area contributed by atoms with Gasteiger partial charge in [-0.2, -0.15) is 0 Å². The molecule has 1 unspecified atom stereocenters. The predicted octanol–water partition coefficient (Wildman–Crippen LogP) is 14.8. The zero-order valence-corrected chi connectivity index (χ0v) is 32.6. The van der Waals surface area contributed by atoms with Crippen LogP contribution < -0.4 is 4.90 Å². The van der Waals surface area contributed by atoms with Crippen molar-refractivity contribution < 1.29 is 4.42 Å². The van der Waals surface area contributed by atoms with Crippen LogP contribution in [0.5, 0.6) is 0 Å². The largest absolute Gasteiger partial charge is 0.456 e. The minimum Gasteiger partial charge on any atom is -0.456 e. The Hall–Kier alpha value is -7.42. The normalized spacial score (nSPS) is 15.7. The second-order valence-electron chi connectivity index (χ2n) is 16.1. The number of rotatable bonds is 6. The van der Waals surface area contributed by atoms with Gasteiger partial charge in [-0.05, 0) is 111 Å². The second-order valence-corrected chi connectivity index (χ2v) is 16.1. The maximum Gasteiger partial charge on any atom is 0.137 e. The monoisotopic (exact) mass is 753 g/mol. The fourth-order valence-electron chi connectivity index (χ4n) is 10.6. The van der Waals surface area contributed by atoms with Crippen molar-refractivity contribution in [2.75, 3.05) is 4.90 Å². The van der Waals surface area contributed by atoms with E-state index in [2.05, 4.69) is 224 Å². The van der Waals surface area contributed by atoms with Crippen molar-refractivity contribution in [3.8, 4) is 22.3 Å². The predicted molar refractivity (Wildman–Crippen MR) is 243 cm³/mol. The second kappa shape index (κ2) is 12.8. The van der Waals surface area contributed by atoms with Crippen molar-refractivity contribution in [1.29, 1.82) is 0 Å². The summed E-state index contributed by atoms with van der Waals surface area (Å²) in [5, 5.41) is 2.24. The zero-order valence-electron chi connectivity index (χ0n) is 32.6. The summed E-state index contributed by atoms with van der Waals surface area (Å²) in [4.78, 5) is 2.43. The number of anilines is 3. The van der Waals surface area contributed by atoms with E-state index in [0.717, 1.165) is 39.0 Å². The van der Waals surface area contributed by atoms with Crippen LogP contribution in [-0.4, -0.2) is 0 Å². The van der Waals surface area contributed by atoms with Crippen molar-refractivity contribution in [1.82, 2.24) is 0 Å². The highest BCUT2D eigenvalue weighted by Gasteiger charge is 2.46. The van der Waals surface area contributed by atoms with Crippen LogP contribution in [-0.2, 0) is 10.8 Å². The molecule has 0 fully saturated rings. The van der Waals surface area contributed by atoms with E-state index in [0.29, 0.717) is 0 Å². The van der Waals surface area contributed by atoms with Crippen LogP contribution in [0.2, 0.25) is 0 Å². The molecule has 59 heavy (non-hydrogen) atoms. The third-order valence-electron chi connectivity index (χ3n) is 13.2. The Morgan fingerprint density at radius 1 is 0.339 bits per heavy atom. The molecule has 1 heterocycles. The maximum absolute atomic E-state index is 6.54. The fourth-order valence-corrected chi connectivity index (χ4v) is 10.6. The summed E-state index contributed by atoms with van der Waals surface area (Å²) >= 11 is 0. The summed E-state index contributed by atoms with van der Waals surface area (Å²) in [6.45, 7) is 2.39. The highest BCUT2D eigenvalue weighted by molar-refractivity contribution is 6.06. The van der Waals surface area contributed by atoms with Gasteiger partial charge < -0.3 is 9.32 Å². The molecule has 1 aromatic heterocycles. The topological polar surface area (TPSA) is 16.4 Å². The molecule has 0 aliphatic heterocycles. The molecule has 0 bridgehead atoms. The van der Waals surface area contributed by atoms with Gasteiger partial charge in [0.1, 0.15) is 11.2 Å². The molecular weight excluding hydrogens is 715 g/mol. The molecule has 0 radical (unpaired) electrons. The van der Waals surface area contributed by atoms with Gasteiger partial charge in [0.2, 0.25) is 0 Å². The summed E-state index contributed by atoms with van der Waals surface area (Å²) in [6.07, 6.45) is 0. The average molecular weight is 754 g/mol. The Bertz CT molecular complexity index is 3200. The van der Waals surface area contributed by atoms with Crippen molar-refractivity contribution in [2.24, 2.45) is 0 Å². The highest BCUT2D eigenvalue weighted by atomic mass is 16.3. The summed E-state index contributed by atoms with van der Waals surface area (Å²) in [6, 6.07) is 80.1. The number of nitrogens with zero attached hydrogens (tertiary/aromatic N) is 1. The van der Waals surface area contributed by atoms with Crippen LogP contribution in [0, 0.1) is 0 Å². The smallest absolute Gasteiger partial charge is 0.137 e. The van der Waals surface area contributed by atoms with Gasteiger partial charge in [-0.1, -0.05) is 170 Å². The van der Waals surface area contributed by atoms with Gasteiger partial charge in [0, 0.05) is 39.3 Å². The molecule has 0 saturated carbocycles. The number of hydrogen-bond acceptors (Lipinski definition) is 2.